The van der Waals surface area contributed by atoms with Crippen molar-refractivity contribution in [2.24, 2.45) is 4.99 Å². The minimum absolute atomic E-state index is 0.172. The summed E-state index contributed by atoms with van der Waals surface area (Å²) in [4.78, 5) is 49.3. The smallest absolute Gasteiger partial charge is 0.328 e. The summed E-state index contributed by atoms with van der Waals surface area (Å²) in [6, 6.07) is 18.2. The number of esters is 1. The number of amides is 3. The predicted molar refractivity (Wildman–Crippen MR) is 122 cm³/mol. The van der Waals surface area contributed by atoms with Gasteiger partial charge >= 0.3 is 12.0 Å². The molecule has 3 aliphatic heterocycles. The molecule has 0 saturated carbocycles. The number of guanidine groups is 1. The number of para-hydroxylation sites is 1. The van der Waals surface area contributed by atoms with Crippen molar-refractivity contribution in [2.75, 3.05) is 25.1 Å². The van der Waals surface area contributed by atoms with E-state index in [1.807, 2.05) is 71.8 Å². The van der Waals surface area contributed by atoms with Gasteiger partial charge in [-0.05, 0) is 19.1 Å². The molecule has 168 valence electrons. The Hall–Kier alpha value is -4.14. The second-order valence-electron chi connectivity index (χ2n) is 7.87. The molecule has 0 bridgehead atoms. The van der Waals surface area contributed by atoms with Crippen LogP contribution in [0.3, 0.4) is 0 Å². The van der Waals surface area contributed by atoms with Crippen LogP contribution in [0.2, 0.25) is 0 Å². The highest BCUT2D eigenvalue weighted by molar-refractivity contribution is 6.16. The van der Waals surface area contributed by atoms with Gasteiger partial charge in [-0.1, -0.05) is 48.5 Å². The number of hydrogen-bond acceptors (Lipinski definition) is 7. The third kappa shape index (κ3) is 3.32. The molecular formula is C24H23N5O4. The molecule has 2 aromatic carbocycles. The highest BCUT2D eigenvalue weighted by atomic mass is 16.5. The van der Waals surface area contributed by atoms with Gasteiger partial charge in [-0.15, -0.1) is 0 Å². The zero-order valence-electron chi connectivity index (χ0n) is 18.3. The van der Waals surface area contributed by atoms with Crippen LogP contribution in [0.25, 0.3) is 5.70 Å². The van der Waals surface area contributed by atoms with Crippen molar-refractivity contribution < 1.29 is 19.1 Å². The molecular weight excluding hydrogens is 422 g/mol. The molecule has 1 saturated heterocycles. The van der Waals surface area contributed by atoms with Gasteiger partial charge in [-0.3, -0.25) is 24.3 Å². The summed E-state index contributed by atoms with van der Waals surface area (Å²) in [6.45, 7) is 1.42. The van der Waals surface area contributed by atoms with Gasteiger partial charge in [0, 0.05) is 24.5 Å². The summed E-state index contributed by atoms with van der Waals surface area (Å²) in [6.07, 6.45) is 1.19. The third-order valence-electron chi connectivity index (χ3n) is 5.89. The normalized spacial score (nSPS) is 21.6. The van der Waals surface area contributed by atoms with Crippen LogP contribution < -0.4 is 4.90 Å². The number of imide groups is 1. The molecule has 2 unspecified atom stereocenters. The Kier molecular flexibility index (Phi) is 5.08. The van der Waals surface area contributed by atoms with Crippen LogP contribution in [0.5, 0.6) is 0 Å². The maximum Gasteiger partial charge on any atom is 0.328 e. The first-order valence-corrected chi connectivity index (χ1v) is 10.7. The van der Waals surface area contributed by atoms with Gasteiger partial charge < -0.3 is 9.64 Å². The van der Waals surface area contributed by atoms with Crippen LogP contribution >= 0.6 is 0 Å². The van der Waals surface area contributed by atoms with Gasteiger partial charge in [0.2, 0.25) is 5.96 Å². The molecule has 1 fully saturated rings. The lowest BCUT2D eigenvalue weighted by atomic mass is 10.1. The second-order valence-corrected chi connectivity index (χ2v) is 7.87. The highest BCUT2D eigenvalue weighted by Crippen LogP contribution is 2.39. The van der Waals surface area contributed by atoms with Crippen molar-refractivity contribution >= 4 is 35.3 Å². The average molecular weight is 445 g/mol. The van der Waals surface area contributed by atoms with E-state index < -0.39 is 36.7 Å². The van der Waals surface area contributed by atoms with Crippen molar-refractivity contribution in [1.29, 1.82) is 0 Å². The van der Waals surface area contributed by atoms with Gasteiger partial charge in [0.05, 0.1) is 12.3 Å². The van der Waals surface area contributed by atoms with E-state index in [-0.39, 0.29) is 6.61 Å². The zero-order chi connectivity index (χ0) is 23.1. The van der Waals surface area contributed by atoms with Crippen molar-refractivity contribution in [3.8, 4) is 0 Å². The lowest BCUT2D eigenvalue weighted by molar-refractivity contribution is -0.150. The molecule has 9 nitrogen and oxygen atoms in total. The van der Waals surface area contributed by atoms with E-state index in [1.54, 1.807) is 18.9 Å². The summed E-state index contributed by atoms with van der Waals surface area (Å²) >= 11 is 0. The van der Waals surface area contributed by atoms with E-state index in [9.17, 15) is 14.4 Å². The van der Waals surface area contributed by atoms with Gasteiger partial charge in [-0.2, -0.15) is 0 Å². The summed E-state index contributed by atoms with van der Waals surface area (Å²) in [5.74, 6) is -0.549. The van der Waals surface area contributed by atoms with Gasteiger partial charge in [0.1, 0.15) is 6.54 Å². The summed E-state index contributed by atoms with van der Waals surface area (Å²) in [5, 5.41) is 0. The van der Waals surface area contributed by atoms with Crippen LogP contribution in [-0.2, 0) is 14.3 Å². The van der Waals surface area contributed by atoms with E-state index in [0.29, 0.717) is 5.96 Å². The van der Waals surface area contributed by atoms with Crippen LogP contribution in [-0.4, -0.2) is 71.0 Å². The molecule has 9 heteroatoms. The molecule has 3 amide bonds. The van der Waals surface area contributed by atoms with E-state index >= 15 is 0 Å². The van der Waals surface area contributed by atoms with Crippen LogP contribution in [0.4, 0.5) is 10.5 Å². The first-order valence-electron chi connectivity index (χ1n) is 10.7. The summed E-state index contributed by atoms with van der Waals surface area (Å²) in [5.41, 5.74) is 2.71. The molecule has 0 spiro atoms. The number of carbonyl (C=O) groups is 3. The van der Waals surface area contributed by atoms with Gasteiger partial charge in [0.25, 0.3) is 5.91 Å². The number of ether oxygens (including phenoxy) is 1. The minimum atomic E-state index is -0.774. The number of hydrogen-bond donors (Lipinski definition) is 0. The standard InChI is InChI=1S/C24H23N5O4/c1-3-33-19(30)15-28-22(31)20-21(26(2)24(28)32)25-23-27(20)14-18(16-10-6-4-7-11-16)29(23)17-12-8-5-9-13-17/h4-14,20-21H,3,15H2,1-2H3. The number of urea groups is 1. The first-order chi connectivity index (χ1) is 16.0. The number of rotatable bonds is 5. The fraction of sp³-hybridized carbons (Fsp3) is 0.250. The van der Waals surface area contributed by atoms with Crippen molar-refractivity contribution in [3.05, 3.63) is 72.4 Å². The fourth-order valence-corrected chi connectivity index (χ4v) is 4.36. The molecule has 0 N–H and O–H groups in total. The molecule has 2 aromatic rings. The van der Waals surface area contributed by atoms with Gasteiger partial charge in [-0.25, -0.2) is 9.79 Å². The highest BCUT2D eigenvalue weighted by Gasteiger charge is 2.55. The Balaban J connectivity index is 1.55. The maximum absolute atomic E-state index is 13.4. The topological polar surface area (TPSA) is 85.8 Å². The SMILES string of the molecule is CCOC(=O)CN1C(=O)C2C(N=C3N(c4ccccc4)C(c4ccccc4)=CN32)N(C)C1=O. The molecule has 3 aliphatic rings. The molecule has 33 heavy (non-hydrogen) atoms. The molecule has 2 atom stereocenters. The molecule has 0 radical (unpaired) electrons. The number of fused-ring (bicyclic) bond motifs is 3. The lowest BCUT2D eigenvalue weighted by Gasteiger charge is -2.39. The van der Waals surface area contributed by atoms with Crippen molar-refractivity contribution in [2.45, 2.75) is 19.1 Å². The van der Waals surface area contributed by atoms with E-state index in [0.717, 1.165) is 21.8 Å². The largest absolute Gasteiger partial charge is 0.465 e. The monoisotopic (exact) mass is 445 g/mol. The fourth-order valence-electron chi connectivity index (χ4n) is 4.36. The van der Waals surface area contributed by atoms with Crippen LogP contribution in [0.1, 0.15) is 12.5 Å². The molecule has 0 aliphatic carbocycles. The van der Waals surface area contributed by atoms with Crippen molar-refractivity contribution in [3.63, 3.8) is 0 Å². The Morgan fingerprint density at radius 3 is 2.36 bits per heavy atom. The number of likely N-dealkylation sites (N-methyl/N-ethyl adjacent to an activating group) is 1. The average Bonchev–Trinajstić information content (AvgIpc) is 3.38. The zero-order valence-corrected chi connectivity index (χ0v) is 18.3. The lowest BCUT2D eigenvalue weighted by Crippen LogP contribution is -2.65. The summed E-state index contributed by atoms with van der Waals surface area (Å²) in [7, 11) is 1.59. The van der Waals surface area contributed by atoms with E-state index in [4.69, 9.17) is 9.73 Å². The molecule has 3 heterocycles. The number of nitrogens with zero attached hydrogens (tertiary/aromatic N) is 5. The Bertz CT molecular complexity index is 1160. The molecule has 5 rings (SSSR count). The number of carbonyl (C=O) groups excluding carboxylic acids is 3. The first kappa shape index (κ1) is 20.7. The number of anilines is 1. The Morgan fingerprint density at radius 2 is 1.70 bits per heavy atom. The number of aliphatic imine (C=N–C) groups is 1. The quantitative estimate of drug-likeness (QED) is 0.657. The van der Waals surface area contributed by atoms with Gasteiger partial charge in [0.15, 0.2) is 12.2 Å². The molecule has 0 aromatic heterocycles. The maximum atomic E-state index is 13.4. The Morgan fingerprint density at radius 1 is 1.03 bits per heavy atom. The predicted octanol–water partition coefficient (Wildman–Crippen LogP) is 2.33. The van der Waals surface area contributed by atoms with Crippen LogP contribution in [0.15, 0.2) is 71.9 Å². The second kappa shape index (κ2) is 8.09. The third-order valence-corrected chi connectivity index (χ3v) is 5.89. The van der Waals surface area contributed by atoms with E-state index in [1.165, 1.54) is 4.90 Å². The van der Waals surface area contributed by atoms with Crippen LogP contribution in [0, 0.1) is 0 Å². The summed E-state index contributed by atoms with van der Waals surface area (Å²) < 4.78 is 4.96. The van der Waals surface area contributed by atoms with E-state index in [2.05, 4.69) is 0 Å². The number of benzene rings is 2. The Labute approximate surface area is 191 Å². The van der Waals surface area contributed by atoms with Crippen molar-refractivity contribution in [1.82, 2.24) is 14.7 Å². The minimum Gasteiger partial charge on any atom is -0.465 e.